The molecule has 0 spiro atoms. The van der Waals surface area contributed by atoms with Crippen LogP contribution in [0.25, 0.3) is 22.2 Å². The maximum absolute atomic E-state index is 13.3. The van der Waals surface area contributed by atoms with Crippen LogP contribution >= 0.6 is 0 Å². The molecule has 7 heteroatoms. The lowest BCUT2D eigenvalue weighted by atomic mass is 9.99. The lowest BCUT2D eigenvalue weighted by molar-refractivity contribution is -0.137. The van der Waals surface area contributed by atoms with Gasteiger partial charge in [-0.05, 0) is 42.2 Å². The molecule has 0 bridgehead atoms. The van der Waals surface area contributed by atoms with Crippen molar-refractivity contribution in [3.8, 4) is 11.1 Å². The molecule has 1 unspecified atom stereocenters. The van der Waals surface area contributed by atoms with E-state index in [2.05, 4.69) is 4.98 Å². The minimum absolute atomic E-state index is 0.0459. The second-order valence-electron chi connectivity index (χ2n) is 6.88. The van der Waals surface area contributed by atoms with E-state index in [1.54, 1.807) is 29.2 Å². The number of hydrogen-bond donors (Lipinski definition) is 0. The van der Waals surface area contributed by atoms with Gasteiger partial charge in [-0.3, -0.25) is 4.79 Å². The van der Waals surface area contributed by atoms with E-state index in [1.165, 1.54) is 12.1 Å². The van der Waals surface area contributed by atoms with E-state index in [4.69, 9.17) is 4.42 Å². The van der Waals surface area contributed by atoms with Crippen molar-refractivity contribution in [2.24, 2.45) is 0 Å². The van der Waals surface area contributed by atoms with Gasteiger partial charge in [-0.2, -0.15) is 13.2 Å². The summed E-state index contributed by atoms with van der Waals surface area (Å²) >= 11 is 0. The monoisotopic (exact) mass is 388 g/mol. The summed E-state index contributed by atoms with van der Waals surface area (Å²) in [6.07, 6.45) is -2.39. The van der Waals surface area contributed by atoms with Crippen LogP contribution in [-0.4, -0.2) is 22.3 Å². The smallest absolute Gasteiger partial charge is 0.417 e. The number of aromatic nitrogens is 1. The van der Waals surface area contributed by atoms with Crippen LogP contribution in [0.1, 0.15) is 43.7 Å². The van der Waals surface area contributed by atoms with E-state index in [0.29, 0.717) is 35.5 Å². The largest absolute Gasteiger partial charge is 0.438 e. The Morgan fingerprint density at radius 2 is 2.04 bits per heavy atom. The van der Waals surface area contributed by atoms with Gasteiger partial charge in [0.2, 0.25) is 11.8 Å². The maximum atomic E-state index is 13.3. The molecule has 1 saturated heterocycles. The average Bonchev–Trinajstić information content (AvgIpc) is 3.32. The number of halogens is 3. The third kappa shape index (κ3) is 3.25. The summed E-state index contributed by atoms with van der Waals surface area (Å²) in [6.45, 7) is 2.48. The van der Waals surface area contributed by atoms with Crippen molar-refractivity contribution in [2.75, 3.05) is 6.54 Å². The van der Waals surface area contributed by atoms with Crippen molar-refractivity contribution in [1.29, 1.82) is 0 Å². The van der Waals surface area contributed by atoms with Gasteiger partial charge in [0.25, 0.3) is 0 Å². The molecule has 28 heavy (non-hydrogen) atoms. The van der Waals surface area contributed by atoms with Crippen LogP contribution in [-0.2, 0) is 11.0 Å². The highest BCUT2D eigenvalue weighted by atomic mass is 19.4. The minimum atomic E-state index is -4.44. The first-order chi connectivity index (χ1) is 13.4. The summed E-state index contributed by atoms with van der Waals surface area (Å²) in [5, 5.41) is 0. The molecule has 1 aromatic heterocycles. The fourth-order valence-electron chi connectivity index (χ4n) is 3.76. The van der Waals surface area contributed by atoms with E-state index >= 15 is 0 Å². The highest BCUT2D eigenvalue weighted by molar-refractivity contribution is 5.82. The molecule has 0 aliphatic carbocycles. The Bertz CT molecular complexity index is 1030. The molecule has 0 N–H and O–H groups in total. The Labute approximate surface area is 160 Å². The van der Waals surface area contributed by atoms with Gasteiger partial charge in [-0.1, -0.05) is 31.2 Å². The summed E-state index contributed by atoms with van der Waals surface area (Å²) in [5.41, 5.74) is 0.825. The molecule has 2 aromatic carbocycles. The first-order valence-electron chi connectivity index (χ1n) is 9.25. The predicted molar refractivity (Wildman–Crippen MR) is 98.4 cm³/mol. The average molecular weight is 388 g/mol. The Morgan fingerprint density at radius 3 is 2.79 bits per heavy atom. The molecule has 1 aliphatic heterocycles. The fraction of sp³-hybridized carbons (Fsp3) is 0.333. The SMILES string of the molecule is CCC(=O)N1CCCC1c1nc2cc(-c3ccccc3C(F)(F)F)ccc2o1. The highest BCUT2D eigenvalue weighted by Crippen LogP contribution is 2.38. The van der Waals surface area contributed by atoms with E-state index in [9.17, 15) is 18.0 Å². The zero-order chi connectivity index (χ0) is 19.9. The van der Waals surface area contributed by atoms with E-state index in [-0.39, 0.29) is 17.5 Å². The topological polar surface area (TPSA) is 46.3 Å². The number of hydrogen-bond acceptors (Lipinski definition) is 3. The normalized spacial score (nSPS) is 17.4. The molecule has 0 saturated carbocycles. The third-order valence-electron chi connectivity index (χ3n) is 5.11. The second kappa shape index (κ2) is 6.96. The highest BCUT2D eigenvalue weighted by Gasteiger charge is 2.34. The van der Waals surface area contributed by atoms with Gasteiger partial charge >= 0.3 is 6.18 Å². The standard InChI is InChI=1S/C21H19F3N2O2/c1-2-19(27)26-11-5-8-17(26)20-25-16-12-13(9-10-18(16)28-20)14-6-3-4-7-15(14)21(22,23)24/h3-4,6-7,9-10,12,17H,2,5,8,11H2,1H3. The summed E-state index contributed by atoms with van der Waals surface area (Å²) < 4.78 is 45.8. The van der Waals surface area contributed by atoms with Crippen LogP contribution in [0, 0.1) is 0 Å². The van der Waals surface area contributed by atoms with Gasteiger partial charge < -0.3 is 9.32 Å². The van der Waals surface area contributed by atoms with Crippen LogP contribution in [0.4, 0.5) is 13.2 Å². The number of fused-ring (bicyclic) bond motifs is 1. The number of nitrogens with zero attached hydrogens (tertiary/aromatic N) is 2. The van der Waals surface area contributed by atoms with Crippen molar-refractivity contribution in [3.63, 3.8) is 0 Å². The van der Waals surface area contributed by atoms with Gasteiger partial charge in [0.05, 0.1) is 5.56 Å². The summed E-state index contributed by atoms with van der Waals surface area (Å²) in [5.74, 6) is 0.486. The van der Waals surface area contributed by atoms with E-state index < -0.39 is 11.7 Å². The van der Waals surface area contributed by atoms with Crippen molar-refractivity contribution in [2.45, 2.75) is 38.4 Å². The van der Waals surface area contributed by atoms with Crippen LogP contribution in [0.2, 0.25) is 0 Å². The fourth-order valence-corrected chi connectivity index (χ4v) is 3.76. The summed E-state index contributed by atoms with van der Waals surface area (Å²) in [7, 11) is 0. The van der Waals surface area contributed by atoms with Crippen molar-refractivity contribution in [1.82, 2.24) is 9.88 Å². The molecule has 1 fully saturated rings. The number of alkyl halides is 3. The number of rotatable bonds is 3. The molecule has 1 amide bonds. The molecule has 0 radical (unpaired) electrons. The van der Waals surface area contributed by atoms with Gasteiger partial charge in [-0.25, -0.2) is 4.98 Å². The van der Waals surface area contributed by atoms with Gasteiger partial charge in [-0.15, -0.1) is 0 Å². The molecule has 2 heterocycles. The van der Waals surface area contributed by atoms with Crippen molar-refractivity contribution >= 4 is 17.0 Å². The Morgan fingerprint density at radius 1 is 1.25 bits per heavy atom. The van der Waals surface area contributed by atoms with E-state index in [0.717, 1.165) is 18.9 Å². The van der Waals surface area contributed by atoms with Crippen LogP contribution in [0.3, 0.4) is 0 Å². The Kier molecular flexibility index (Phi) is 4.61. The zero-order valence-corrected chi connectivity index (χ0v) is 15.3. The summed E-state index contributed by atoms with van der Waals surface area (Å²) in [4.78, 5) is 18.4. The number of likely N-dealkylation sites (tertiary alicyclic amines) is 1. The molecular formula is C21H19F3N2O2. The second-order valence-corrected chi connectivity index (χ2v) is 6.88. The molecule has 4 nitrogen and oxygen atoms in total. The Balaban J connectivity index is 1.73. The molecule has 4 rings (SSSR count). The van der Waals surface area contributed by atoms with Gasteiger partial charge in [0, 0.05) is 13.0 Å². The van der Waals surface area contributed by atoms with E-state index in [1.807, 2.05) is 6.92 Å². The molecule has 146 valence electrons. The third-order valence-corrected chi connectivity index (χ3v) is 5.11. The Hall–Kier alpha value is -2.83. The van der Waals surface area contributed by atoms with Crippen LogP contribution in [0.5, 0.6) is 0 Å². The molecule has 1 atom stereocenters. The van der Waals surface area contributed by atoms with Gasteiger partial charge in [0.1, 0.15) is 11.6 Å². The molecule has 3 aromatic rings. The van der Waals surface area contributed by atoms with Crippen LogP contribution < -0.4 is 0 Å². The first-order valence-corrected chi connectivity index (χ1v) is 9.25. The number of carbonyl (C=O) groups is 1. The maximum Gasteiger partial charge on any atom is 0.417 e. The predicted octanol–water partition coefficient (Wildman–Crippen LogP) is 5.59. The van der Waals surface area contributed by atoms with Crippen molar-refractivity contribution in [3.05, 3.63) is 53.9 Å². The zero-order valence-electron chi connectivity index (χ0n) is 15.3. The molecule has 1 aliphatic rings. The summed E-state index contributed by atoms with van der Waals surface area (Å²) in [6, 6.07) is 10.1. The molecular weight excluding hydrogens is 369 g/mol. The number of carbonyl (C=O) groups excluding carboxylic acids is 1. The van der Waals surface area contributed by atoms with Crippen molar-refractivity contribution < 1.29 is 22.4 Å². The lowest BCUT2D eigenvalue weighted by Gasteiger charge is -2.21. The minimum Gasteiger partial charge on any atom is -0.438 e. The van der Waals surface area contributed by atoms with Gasteiger partial charge in [0.15, 0.2) is 5.58 Å². The first kappa shape index (κ1) is 18.5. The quantitative estimate of drug-likeness (QED) is 0.588. The number of amides is 1. The lowest BCUT2D eigenvalue weighted by Crippen LogP contribution is -2.29. The number of oxazole rings is 1. The number of benzene rings is 2. The van der Waals surface area contributed by atoms with Crippen LogP contribution in [0.15, 0.2) is 46.9 Å².